The molecule has 0 saturated heterocycles. The van der Waals surface area contributed by atoms with Gasteiger partial charge in [-0.3, -0.25) is 4.79 Å². The minimum Gasteiger partial charge on any atom is -0.294 e. The molecule has 1 saturated carbocycles. The van der Waals surface area contributed by atoms with Crippen LogP contribution >= 0.6 is 11.6 Å². The van der Waals surface area contributed by atoms with Crippen LogP contribution in [0.3, 0.4) is 0 Å². The van der Waals surface area contributed by atoms with Crippen LogP contribution < -0.4 is 0 Å². The molecule has 0 atom stereocenters. The molecule has 1 nitrogen and oxygen atoms in total. The predicted molar refractivity (Wildman–Crippen MR) is 53.1 cm³/mol. The molecule has 1 aliphatic rings. The van der Waals surface area contributed by atoms with E-state index in [2.05, 4.69) is 0 Å². The maximum absolute atomic E-state index is 13.0. The van der Waals surface area contributed by atoms with E-state index in [0.717, 1.165) is 12.8 Å². The van der Waals surface area contributed by atoms with Crippen LogP contribution in [0.4, 0.5) is 4.39 Å². The van der Waals surface area contributed by atoms with Gasteiger partial charge in [0, 0.05) is 12.0 Å². The molecule has 74 valence electrons. The number of carbonyl (C=O) groups is 1. The summed E-state index contributed by atoms with van der Waals surface area (Å²) >= 11 is 5.52. The van der Waals surface area contributed by atoms with Crippen molar-refractivity contribution in [1.29, 1.82) is 0 Å². The number of hydrogen-bond donors (Lipinski definition) is 0. The minimum atomic E-state index is -0.520. The molecule has 0 bridgehead atoms. The standard InChI is InChI=1S/C11H10ClFO/c12-9-4-3-8(6-10(9)13)11(14)5-7-1-2-7/h3-4,6-7H,1-2,5H2. The average molecular weight is 213 g/mol. The molecule has 0 spiro atoms. The Morgan fingerprint density at radius 2 is 2.21 bits per heavy atom. The zero-order chi connectivity index (χ0) is 10.1. The van der Waals surface area contributed by atoms with Gasteiger partial charge >= 0.3 is 0 Å². The van der Waals surface area contributed by atoms with Crippen LogP contribution in [-0.4, -0.2) is 5.78 Å². The lowest BCUT2D eigenvalue weighted by molar-refractivity contribution is 0.0975. The maximum atomic E-state index is 13.0. The first-order chi connectivity index (χ1) is 6.66. The van der Waals surface area contributed by atoms with Crippen molar-refractivity contribution in [1.82, 2.24) is 0 Å². The molecule has 0 heterocycles. The number of hydrogen-bond acceptors (Lipinski definition) is 1. The summed E-state index contributed by atoms with van der Waals surface area (Å²) in [4.78, 5) is 11.5. The van der Waals surface area contributed by atoms with E-state index in [4.69, 9.17) is 11.6 Å². The molecule has 1 aromatic rings. The van der Waals surface area contributed by atoms with Gasteiger partial charge in [0.1, 0.15) is 5.82 Å². The van der Waals surface area contributed by atoms with Crippen LogP contribution in [0.25, 0.3) is 0 Å². The molecular weight excluding hydrogens is 203 g/mol. The van der Waals surface area contributed by atoms with Gasteiger partial charge < -0.3 is 0 Å². The van der Waals surface area contributed by atoms with E-state index in [1.807, 2.05) is 0 Å². The lowest BCUT2D eigenvalue weighted by Crippen LogP contribution is -2.00. The van der Waals surface area contributed by atoms with Crippen molar-refractivity contribution in [2.75, 3.05) is 0 Å². The zero-order valence-electron chi connectivity index (χ0n) is 7.59. The fourth-order valence-corrected chi connectivity index (χ4v) is 1.49. The summed E-state index contributed by atoms with van der Waals surface area (Å²) in [7, 11) is 0. The van der Waals surface area contributed by atoms with Crippen LogP contribution in [0.2, 0.25) is 5.02 Å². The largest absolute Gasteiger partial charge is 0.294 e. The fourth-order valence-electron chi connectivity index (χ4n) is 1.37. The Kier molecular flexibility index (Phi) is 2.55. The van der Waals surface area contributed by atoms with Gasteiger partial charge in [0.05, 0.1) is 5.02 Å². The highest BCUT2D eigenvalue weighted by atomic mass is 35.5. The van der Waals surface area contributed by atoms with Crippen LogP contribution in [0.5, 0.6) is 0 Å². The smallest absolute Gasteiger partial charge is 0.163 e. The SMILES string of the molecule is O=C(CC1CC1)c1ccc(Cl)c(F)c1. The Balaban J connectivity index is 2.14. The van der Waals surface area contributed by atoms with Gasteiger partial charge in [-0.05, 0) is 37.0 Å². The number of benzene rings is 1. The van der Waals surface area contributed by atoms with Gasteiger partial charge in [-0.25, -0.2) is 4.39 Å². The second-order valence-electron chi connectivity index (χ2n) is 3.70. The van der Waals surface area contributed by atoms with Crippen molar-refractivity contribution in [3.63, 3.8) is 0 Å². The van der Waals surface area contributed by atoms with Gasteiger partial charge in [0.15, 0.2) is 5.78 Å². The molecule has 0 amide bonds. The molecule has 0 unspecified atom stereocenters. The van der Waals surface area contributed by atoms with Crippen LogP contribution in [0.15, 0.2) is 18.2 Å². The van der Waals surface area contributed by atoms with Crippen molar-refractivity contribution < 1.29 is 9.18 Å². The van der Waals surface area contributed by atoms with Crippen LogP contribution in [0.1, 0.15) is 29.6 Å². The van der Waals surface area contributed by atoms with E-state index in [-0.39, 0.29) is 10.8 Å². The summed E-state index contributed by atoms with van der Waals surface area (Å²) in [6, 6.07) is 4.22. The van der Waals surface area contributed by atoms with E-state index >= 15 is 0 Å². The molecule has 0 N–H and O–H groups in total. The number of ketones is 1. The third kappa shape index (κ3) is 2.13. The topological polar surface area (TPSA) is 17.1 Å². The average Bonchev–Trinajstić information content (AvgIpc) is 2.93. The number of halogens is 2. The lowest BCUT2D eigenvalue weighted by Gasteiger charge is -2.00. The van der Waals surface area contributed by atoms with E-state index < -0.39 is 5.82 Å². The monoisotopic (exact) mass is 212 g/mol. The van der Waals surface area contributed by atoms with Gasteiger partial charge in [-0.2, -0.15) is 0 Å². The molecule has 0 aromatic heterocycles. The quantitative estimate of drug-likeness (QED) is 0.702. The first kappa shape index (κ1) is 9.66. The Morgan fingerprint density at radius 3 is 2.79 bits per heavy atom. The second-order valence-corrected chi connectivity index (χ2v) is 4.11. The van der Waals surface area contributed by atoms with E-state index in [1.54, 1.807) is 6.07 Å². The van der Waals surface area contributed by atoms with Crippen LogP contribution in [0, 0.1) is 11.7 Å². The number of rotatable bonds is 3. The van der Waals surface area contributed by atoms with Crippen LogP contribution in [-0.2, 0) is 0 Å². The van der Waals surface area contributed by atoms with Crippen molar-refractivity contribution >= 4 is 17.4 Å². The summed E-state index contributed by atoms with van der Waals surface area (Å²) in [6.07, 6.45) is 2.80. The highest BCUT2D eigenvalue weighted by molar-refractivity contribution is 6.30. The molecular formula is C11H10ClFO. The Labute approximate surface area is 86.9 Å². The van der Waals surface area contributed by atoms with Crippen molar-refractivity contribution in [2.45, 2.75) is 19.3 Å². The normalized spacial score (nSPS) is 15.6. The molecule has 0 aliphatic heterocycles. The van der Waals surface area contributed by atoms with Gasteiger partial charge in [-0.1, -0.05) is 11.6 Å². The maximum Gasteiger partial charge on any atom is 0.163 e. The predicted octanol–water partition coefficient (Wildman–Crippen LogP) is 3.46. The summed E-state index contributed by atoms with van der Waals surface area (Å²) in [5, 5.41) is 0.0629. The third-order valence-electron chi connectivity index (χ3n) is 2.41. The van der Waals surface area contributed by atoms with Gasteiger partial charge in [0.2, 0.25) is 0 Å². The van der Waals surface area contributed by atoms with Crippen molar-refractivity contribution in [3.05, 3.63) is 34.6 Å². The molecule has 1 aromatic carbocycles. The molecule has 1 fully saturated rings. The van der Waals surface area contributed by atoms with Crippen molar-refractivity contribution in [2.24, 2.45) is 5.92 Å². The first-order valence-electron chi connectivity index (χ1n) is 4.65. The Bertz CT molecular complexity index is 372. The number of carbonyl (C=O) groups excluding carboxylic acids is 1. The molecule has 1 aliphatic carbocycles. The first-order valence-corrected chi connectivity index (χ1v) is 5.03. The summed E-state index contributed by atoms with van der Waals surface area (Å²) in [5.41, 5.74) is 0.429. The Hall–Kier alpha value is -0.890. The summed E-state index contributed by atoms with van der Waals surface area (Å²) in [5.74, 6) is 0.0256. The lowest BCUT2D eigenvalue weighted by atomic mass is 10.1. The Morgan fingerprint density at radius 1 is 1.50 bits per heavy atom. The summed E-state index contributed by atoms with van der Waals surface area (Å²) in [6.45, 7) is 0. The minimum absolute atomic E-state index is 0.0167. The molecule has 14 heavy (non-hydrogen) atoms. The fraction of sp³-hybridized carbons (Fsp3) is 0.364. The highest BCUT2D eigenvalue weighted by Gasteiger charge is 2.25. The molecule has 0 radical (unpaired) electrons. The summed E-state index contributed by atoms with van der Waals surface area (Å²) < 4.78 is 13.0. The second kappa shape index (κ2) is 3.70. The van der Waals surface area contributed by atoms with E-state index in [9.17, 15) is 9.18 Å². The van der Waals surface area contributed by atoms with Gasteiger partial charge in [0.25, 0.3) is 0 Å². The van der Waals surface area contributed by atoms with E-state index in [1.165, 1.54) is 12.1 Å². The van der Waals surface area contributed by atoms with Gasteiger partial charge in [-0.15, -0.1) is 0 Å². The highest BCUT2D eigenvalue weighted by Crippen LogP contribution is 2.33. The molecule has 2 rings (SSSR count). The number of Topliss-reactive ketones (excluding diaryl/α,β-unsaturated/α-hetero) is 1. The third-order valence-corrected chi connectivity index (χ3v) is 2.72. The molecule has 3 heteroatoms. The zero-order valence-corrected chi connectivity index (χ0v) is 8.35. The van der Waals surface area contributed by atoms with Crippen molar-refractivity contribution in [3.8, 4) is 0 Å². The van der Waals surface area contributed by atoms with E-state index in [0.29, 0.717) is 17.9 Å².